The predicted octanol–water partition coefficient (Wildman–Crippen LogP) is 1.15. The summed E-state index contributed by atoms with van der Waals surface area (Å²) in [5.74, 6) is -2.40. The summed E-state index contributed by atoms with van der Waals surface area (Å²) in [7, 11) is 0. The van der Waals surface area contributed by atoms with Gasteiger partial charge in [0.15, 0.2) is 0 Å². The molecular formula is C17H19N3O6S. The van der Waals surface area contributed by atoms with Crippen LogP contribution in [0.5, 0.6) is 0 Å². The molecule has 2 aromatic heterocycles. The lowest BCUT2D eigenvalue weighted by Crippen LogP contribution is -2.41. The zero-order valence-corrected chi connectivity index (χ0v) is 15.2. The molecule has 0 radical (unpaired) electrons. The third kappa shape index (κ3) is 4.34. The van der Waals surface area contributed by atoms with E-state index in [9.17, 15) is 4.79 Å². The maximum Gasteiger partial charge on any atom is 0.414 e. The number of amides is 1. The van der Waals surface area contributed by atoms with Gasteiger partial charge in [0.25, 0.3) is 0 Å². The lowest BCUT2D eigenvalue weighted by Gasteiger charge is -2.30. The molecule has 2 N–H and O–H groups in total. The second-order valence-corrected chi connectivity index (χ2v) is 7.07. The van der Waals surface area contributed by atoms with Gasteiger partial charge in [-0.25, -0.2) is 14.6 Å². The van der Waals surface area contributed by atoms with Crippen LogP contribution in [0.4, 0.5) is 0 Å². The maximum atomic E-state index is 12.5. The van der Waals surface area contributed by atoms with Crippen molar-refractivity contribution in [2.24, 2.45) is 5.92 Å². The van der Waals surface area contributed by atoms with Crippen molar-refractivity contribution in [2.75, 3.05) is 19.8 Å². The van der Waals surface area contributed by atoms with E-state index in [1.807, 2.05) is 11.1 Å². The number of hydrogen-bond donors (Lipinski definition) is 2. The van der Waals surface area contributed by atoms with Crippen molar-refractivity contribution in [3.05, 3.63) is 29.5 Å². The van der Waals surface area contributed by atoms with E-state index in [0.29, 0.717) is 19.8 Å². The average molecular weight is 393 g/mol. The summed E-state index contributed by atoms with van der Waals surface area (Å²) >= 11 is 1.72. The van der Waals surface area contributed by atoms with E-state index in [-0.39, 0.29) is 11.8 Å². The first-order chi connectivity index (χ1) is 13.0. The summed E-state index contributed by atoms with van der Waals surface area (Å²) in [5.41, 5.74) is 1.16. The minimum absolute atomic E-state index is 0.0447. The number of ether oxygens (including phenoxy) is 1. The quantitative estimate of drug-likeness (QED) is 0.734. The smallest absolute Gasteiger partial charge is 0.414 e. The van der Waals surface area contributed by atoms with Crippen LogP contribution < -0.4 is 0 Å². The van der Waals surface area contributed by atoms with Gasteiger partial charge >= 0.3 is 11.9 Å². The molecule has 0 bridgehead atoms. The maximum absolute atomic E-state index is 12.5. The number of carboxylic acids is 2. The van der Waals surface area contributed by atoms with Crippen LogP contribution in [-0.2, 0) is 32.2 Å². The van der Waals surface area contributed by atoms with Gasteiger partial charge in [-0.15, -0.1) is 11.3 Å². The summed E-state index contributed by atoms with van der Waals surface area (Å²) in [6.45, 7) is 3.48. The first kappa shape index (κ1) is 19.1. The highest BCUT2D eigenvalue weighted by Gasteiger charge is 2.31. The Morgan fingerprint density at radius 3 is 2.59 bits per heavy atom. The van der Waals surface area contributed by atoms with E-state index in [0.717, 1.165) is 31.0 Å². The monoisotopic (exact) mass is 393 g/mol. The van der Waals surface area contributed by atoms with Gasteiger partial charge in [0.1, 0.15) is 5.82 Å². The Morgan fingerprint density at radius 1 is 1.22 bits per heavy atom. The first-order valence-electron chi connectivity index (χ1n) is 8.38. The van der Waals surface area contributed by atoms with E-state index in [1.165, 1.54) is 4.88 Å². The molecule has 2 aliphatic heterocycles. The van der Waals surface area contributed by atoms with Crippen LogP contribution in [0.3, 0.4) is 0 Å². The zero-order valence-electron chi connectivity index (χ0n) is 14.4. The second-order valence-electron chi connectivity index (χ2n) is 6.12. The standard InChI is InChI=1S/C15H17N3O2S.C2H2O4/c19-15(11-3-6-20-10-11)17-4-5-18-12(8-16-14(18)9-17)13-2-1-7-21-13;3-1(4)2(5)6/h1-2,7-8,11H,3-6,9-10H2;(H,3,4)(H,5,6). The predicted molar refractivity (Wildman–Crippen MR) is 95.2 cm³/mol. The van der Waals surface area contributed by atoms with E-state index in [1.54, 1.807) is 11.3 Å². The highest BCUT2D eigenvalue weighted by molar-refractivity contribution is 7.13. The van der Waals surface area contributed by atoms with Crippen LogP contribution in [0, 0.1) is 5.92 Å². The van der Waals surface area contributed by atoms with Crippen LogP contribution >= 0.6 is 11.3 Å². The molecule has 0 spiro atoms. The molecule has 10 heteroatoms. The van der Waals surface area contributed by atoms with Crippen LogP contribution in [0.15, 0.2) is 23.7 Å². The molecule has 2 aromatic rings. The third-order valence-electron chi connectivity index (χ3n) is 4.41. The first-order valence-corrected chi connectivity index (χ1v) is 9.26. The van der Waals surface area contributed by atoms with E-state index >= 15 is 0 Å². The number of imidazole rings is 1. The van der Waals surface area contributed by atoms with Crippen molar-refractivity contribution < 1.29 is 29.3 Å². The van der Waals surface area contributed by atoms with Crippen molar-refractivity contribution in [3.8, 4) is 10.6 Å². The number of carbonyl (C=O) groups is 3. The molecule has 0 saturated carbocycles. The van der Waals surface area contributed by atoms with Gasteiger partial charge in [0.2, 0.25) is 5.91 Å². The molecule has 9 nitrogen and oxygen atoms in total. The summed E-state index contributed by atoms with van der Waals surface area (Å²) < 4.78 is 7.56. The van der Waals surface area contributed by atoms with Gasteiger partial charge < -0.3 is 24.4 Å². The minimum atomic E-state index is -1.82. The Bertz CT molecular complexity index is 814. The molecule has 4 heterocycles. The molecule has 144 valence electrons. The number of thiophene rings is 1. The molecule has 1 saturated heterocycles. The van der Waals surface area contributed by atoms with Crippen LogP contribution in [0.2, 0.25) is 0 Å². The van der Waals surface area contributed by atoms with Crippen LogP contribution in [0.25, 0.3) is 10.6 Å². The zero-order chi connectivity index (χ0) is 19.4. The molecule has 0 aromatic carbocycles. The van der Waals surface area contributed by atoms with E-state index in [2.05, 4.69) is 27.1 Å². The number of rotatable bonds is 2. The lowest BCUT2D eigenvalue weighted by atomic mass is 10.1. The molecule has 4 rings (SSSR count). The third-order valence-corrected chi connectivity index (χ3v) is 5.30. The van der Waals surface area contributed by atoms with E-state index < -0.39 is 11.9 Å². The lowest BCUT2D eigenvalue weighted by molar-refractivity contribution is -0.159. The summed E-state index contributed by atoms with van der Waals surface area (Å²) in [6.07, 6.45) is 2.78. The van der Waals surface area contributed by atoms with Crippen molar-refractivity contribution in [1.82, 2.24) is 14.5 Å². The fourth-order valence-electron chi connectivity index (χ4n) is 3.06. The van der Waals surface area contributed by atoms with Gasteiger partial charge in [0.05, 0.1) is 35.8 Å². The number of nitrogens with zero attached hydrogens (tertiary/aromatic N) is 3. The number of fused-ring (bicyclic) bond motifs is 1. The topological polar surface area (TPSA) is 122 Å². The van der Waals surface area contributed by atoms with Crippen LogP contribution in [-0.4, -0.2) is 62.3 Å². The van der Waals surface area contributed by atoms with Gasteiger partial charge in [-0.3, -0.25) is 4.79 Å². The highest BCUT2D eigenvalue weighted by atomic mass is 32.1. The fraction of sp³-hybridized carbons (Fsp3) is 0.412. The summed E-state index contributed by atoms with van der Waals surface area (Å²) in [4.78, 5) is 38.3. The normalized spacial score (nSPS) is 18.4. The van der Waals surface area contributed by atoms with Gasteiger partial charge in [-0.1, -0.05) is 6.07 Å². The molecule has 1 amide bonds. The summed E-state index contributed by atoms with van der Waals surface area (Å²) in [5, 5.41) is 16.9. The van der Waals surface area contributed by atoms with Crippen LogP contribution in [0.1, 0.15) is 12.2 Å². The van der Waals surface area contributed by atoms with Crippen molar-refractivity contribution in [3.63, 3.8) is 0 Å². The van der Waals surface area contributed by atoms with Crippen molar-refractivity contribution >= 4 is 29.2 Å². The second kappa shape index (κ2) is 8.31. The summed E-state index contributed by atoms with van der Waals surface area (Å²) in [6, 6.07) is 4.17. The molecule has 0 aliphatic carbocycles. The number of aliphatic carboxylic acids is 2. The Hall–Kier alpha value is -2.72. The number of aromatic nitrogens is 2. The van der Waals surface area contributed by atoms with Gasteiger partial charge in [-0.05, 0) is 17.9 Å². The van der Waals surface area contributed by atoms with Gasteiger partial charge in [0, 0.05) is 19.7 Å². The Balaban J connectivity index is 0.000000307. The van der Waals surface area contributed by atoms with Crippen molar-refractivity contribution in [1.29, 1.82) is 0 Å². The van der Waals surface area contributed by atoms with E-state index in [4.69, 9.17) is 24.5 Å². The SMILES string of the molecule is O=C(C1CCOC1)N1CCn2c(-c3cccs3)cnc2C1.O=C(O)C(=O)O. The number of carboxylic acid groups (broad SMARTS) is 2. The Morgan fingerprint density at radius 2 is 2.00 bits per heavy atom. The van der Waals surface area contributed by atoms with Crippen molar-refractivity contribution in [2.45, 2.75) is 19.5 Å². The molecule has 27 heavy (non-hydrogen) atoms. The Labute approximate surface area is 158 Å². The molecule has 1 atom stereocenters. The van der Waals surface area contributed by atoms with Gasteiger partial charge in [-0.2, -0.15) is 0 Å². The highest BCUT2D eigenvalue weighted by Crippen LogP contribution is 2.28. The fourth-order valence-corrected chi connectivity index (χ4v) is 3.80. The average Bonchev–Trinajstić information content (AvgIpc) is 3.41. The molecule has 1 unspecified atom stereocenters. The number of carbonyl (C=O) groups excluding carboxylic acids is 1. The Kier molecular flexibility index (Phi) is 5.87. The molecule has 1 fully saturated rings. The minimum Gasteiger partial charge on any atom is -0.473 e. The largest absolute Gasteiger partial charge is 0.473 e. The molecular weight excluding hydrogens is 374 g/mol. The number of hydrogen-bond acceptors (Lipinski definition) is 6. The molecule has 2 aliphatic rings.